The average Bonchev–Trinajstić information content (AvgIpc) is 3.09. The highest BCUT2D eigenvalue weighted by Gasteiger charge is 2.22. The molecule has 2 aliphatic heterocycles. The van der Waals surface area contributed by atoms with E-state index in [9.17, 15) is 0 Å². The van der Waals surface area contributed by atoms with Crippen LogP contribution in [0, 0.1) is 5.92 Å². The number of benzene rings is 1. The van der Waals surface area contributed by atoms with Crippen LogP contribution in [-0.2, 0) is 6.54 Å². The second-order valence-corrected chi connectivity index (χ2v) is 6.95. The molecule has 2 aliphatic rings. The molecule has 0 aliphatic carbocycles. The van der Waals surface area contributed by atoms with E-state index in [2.05, 4.69) is 63.3 Å². The lowest BCUT2D eigenvalue weighted by molar-refractivity contribution is 0.103. The Morgan fingerprint density at radius 1 is 0.957 bits per heavy atom. The molecule has 2 saturated heterocycles. The van der Waals surface area contributed by atoms with Crippen molar-refractivity contribution >= 4 is 5.69 Å². The first-order valence-corrected chi connectivity index (χ1v) is 8.68. The lowest BCUT2D eigenvalue weighted by Gasteiger charge is -2.36. The van der Waals surface area contributed by atoms with Gasteiger partial charge in [-0.05, 0) is 43.0 Å². The molecule has 1 aromatic heterocycles. The Labute approximate surface area is 138 Å². The Morgan fingerprint density at radius 3 is 2.30 bits per heavy atom. The molecule has 0 amide bonds. The number of hydrogen-bond donors (Lipinski definition) is 0. The zero-order valence-corrected chi connectivity index (χ0v) is 13.8. The molecule has 23 heavy (non-hydrogen) atoms. The van der Waals surface area contributed by atoms with Gasteiger partial charge in [-0.3, -0.25) is 4.90 Å². The third kappa shape index (κ3) is 3.22. The largest absolute Gasteiger partial charge is 0.372 e. The van der Waals surface area contributed by atoms with Gasteiger partial charge in [-0.1, -0.05) is 19.1 Å². The smallest absolute Gasteiger partial charge is 0.0929 e. The predicted molar refractivity (Wildman–Crippen MR) is 93.4 cm³/mol. The summed E-state index contributed by atoms with van der Waals surface area (Å²) in [6.07, 6.45) is 2.62. The summed E-state index contributed by atoms with van der Waals surface area (Å²) in [5, 5.41) is 8.82. The minimum Gasteiger partial charge on any atom is -0.372 e. The van der Waals surface area contributed by atoms with Crippen LogP contribution in [-0.4, -0.2) is 41.3 Å². The van der Waals surface area contributed by atoms with Gasteiger partial charge < -0.3 is 4.90 Å². The first kappa shape index (κ1) is 14.6. The maximum absolute atomic E-state index is 4.42. The molecule has 120 valence electrons. The zero-order valence-electron chi connectivity index (χ0n) is 13.8. The highest BCUT2D eigenvalue weighted by Crippen LogP contribution is 2.24. The number of anilines is 1. The van der Waals surface area contributed by atoms with Crippen molar-refractivity contribution in [1.82, 2.24) is 15.1 Å². The van der Waals surface area contributed by atoms with Crippen molar-refractivity contribution in [3.05, 3.63) is 42.1 Å². The molecule has 0 saturated carbocycles. The fraction of sp³-hybridized carbons (Fsp3) is 0.474. The summed E-state index contributed by atoms with van der Waals surface area (Å²) in [4.78, 5) is 4.87. The Morgan fingerprint density at radius 2 is 1.70 bits per heavy atom. The van der Waals surface area contributed by atoms with Gasteiger partial charge in [-0.2, -0.15) is 10.2 Å². The molecule has 2 aromatic rings. The van der Waals surface area contributed by atoms with Gasteiger partial charge in [0.15, 0.2) is 0 Å². The van der Waals surface area contributed by atoms with Gasteiger partial charge in [0.2, 0.25) is 0 Å². The van der Waals surface area contributed by atoms with Gasteiger partial charge in [0.05, 0.1) is 11.4 Å². The lowest BCUT2D eigenvalue weighted by Crippen LogP contribution is -2.44. The van der Waals surface area contributed by atoms with Crippen molar-refractivity contribution < 1.29 is 0 Å². The second kappa shape index (κ2) is 6.28. The van der Waals surface area contributed by atoms with E-state index >= 15 is 0 Å². The summed E-state index contributed by atoms with van der Waals surface area (Å²) in [5.74, 6) is 0.830. The van der Waals surface area contributed by atoms with Crippen LogP contribution in [0.1, 0.15) is 25.5 Å². The lowest BCUT2D eigenvalue weighted by atomic mass is 10.0. The zero-order chi connectivity index (χ0) is 15.6. The van der Waals surface area contributed by atoms with Gasteiger partial charge in [0.1, 0.15) is 0 Å². The molecule has 0 radical (unpaired) electrons. The fourth-order valence-corrected chi connectivity index (χ4v) is 3.60. The van der Waals surface area contributed by atoms with Crippen molar-refractivity contribution in [3.63, 3.8) is 0 Å². The van der Waals surface area contributed by atoms with Gasteiger partial charge in [0.25, 0.3) is 0 Å². The quantitative estimate of drug-likeness (QED) is 0.868. The molecule has 4 rings (SSSR count). The molecule has 0 spiro atoms. The molecule has 0 bridgehead atoms. The Hall–Kier alpha value is -1.94. The Kier molecular flexibility index (Phi) is 4.00. The minimum absolute atomic E-state index is 0.830. The second-order valence-electron chi connectivity index (χ2n) is 6.95. The normalized spacial score (nSPS) is 19.1. The van der Waals surface area contributed by atoms with Crippen molar-refractivity contribution in [1.29, 1.82) is 0 Å². The maximum Gasteiger partial charge on any atom is 0.0929 e. The number of hydrogen-bond acceptors (Lipinski definition) is 4. The van der Waals surface area contributed by atoms with Gasteiger partial charge in [-0.25, -0.2) is 0 Å². The molecule has 1 aromatic carbocycles. The van der Waals surface area contributed by atoms with Crippen LogP contribution >= 0.6 is 0 Å². The average molecular weight is 308 g/mol. The van der Waals surface area contributed by atoms with E-state index in [0.29, 0.717) is 0 Å². The van der Waals surface area contributed by atoms with Gasteiger partial charge in [0, 0.05) is 44.0 Å². The first-order chi connectivity index (χ1) is 11.3. The van der Waals surface area contributed by atoms with E-state index in [1.807, 2.05) is 0 Å². The van der Waals surface area contributed by atoms with Crippen LogP contribution in [0.4, 0.5) is 5.69 Å². The third-order valence-electron chi connectivity index (χ3n) is 4.88. The van der Waals surface area contributed by atoms with Crippen molar-refractivity contribution in [2.45, 2.75) is 26.3 Å². The van der Waals surface area contributed by atoms with E-state index in [0.717, 1.165) is 29.4 Å². The van der Waals surface area contributed by atoms with Crippen LogP contribution in [0.15, 0.2) is 36.4 Å². The van der Waals surface area contributed by atoms with Gasteiger partial charge in [-0.15, -0.1) is 0 Å². The van der Waals surface area contributed by atoms with E-state index < -0.39 is 0 Å². The molecule has 0 unspecified atom stereocenters. The van der Waals surface area contributed by atoms with Crippen molar-refractivity contribution in [3.8, 4) is 11.3 Å². The molecule has 2 fully saturated rings. The maximum atomic E-state index is 4.42. The van der Waals surface area contributed by atoms with Crippen molar-refractivity contribution in [2.75, 3.05) is 31.1 Å². The number of aromatic nitrogens is 2. The third-order valence-corrected chi connectivity index (χ3v) is 4.88. The Balaban J connectivity index is 1.43. The van der Waals surface area contributed by atoms with E-state index in [1.54, 1.807) is 0 Å². The van der Waals surface area contributed by atoms with Crippen LogP contribution in [0.5, 0.6) is 0 Å². The van der Waals surface area contributed by atoms with Crippen LogP contribution in [0.2, 0.25) is 0 Å². The minimum atomic E-state index is 0.830. The number of likely N-dealkylation sites (tertiary alicyclic amines) is 1. The van der Waals surface area contributed by atoms with Crippen LogP contribution < -0.4 is 4.90 Å². The van der Waals surface area contributed by atoms with Crippen molar-refractivity contribution in [2.24, 2.45) is 5.92 Å². The fourth-order valence-electron chi connectivity index (χ4n) is 3.60. The summed E-state index contributed by atoms with van der Waals surface area (Å²) in [7, 11) is 0. The molecular weight excluding hydrogens is 284 g/mol. The van der Waals surface area contributed by atoms with E-state index in [4.69, 9.17) is 0 Å². The monoisotopic (exact) mass is 308 g/mol. The highest BCUT2D eigenvalue weighted by atomic mass is 15.2. The summed E-state index contributed by atoms with van der Waals surface area (Å²) in [6.45, 7) is 7.94. The SMILES string of the molecule is CC1CN(Cc2ccc(-c3ccc(N4CCCC4)cc3)nn2)C1. The first-order valence-electron chi connectivity index (χ1n) is 8.68. The van der Waals surface area contributed by atoms with Crippen LogP contribution in [0.25, 0.3) is 11.3 Å². The molecule has 0 N–H and O–H groups in total. The molecule has 4 heteroatoms. The van der Waals surface area contributed by atoms with E-state index in [1.165, 1.54) is 44.7 Å². The van der Waals surface area contributed by atoms with Crippen LogP contribution in [0.3, 0.4) is 0 Å². The molecular formula is C19H24N4. The number of nitrogens with zero attached hydrogens (tertiary/aromatic N) is 4. The van der Waals surface area contributed by atoms with Gasteiger partial charge >= 0.3 is 0 Å². The predicted octanol–water partition coefficient (Wildman–Crippen LogP) is 3.20. The summed E-state index contributed by atoms with van der Waals surface area (Å²) in [5.41, 5.74) is 4.49. The standard InChI is InChI=1S/C19H24N4/c1-15-12-22(13-15)14-17-6-9-19(21-20-17)16-4-7-18(8-5-16)23-10-2-3-11-23/h4-9,15H,2-3,10-14H2,1H3. The number of rotatable bonds is 4. The molecule has 0 atom stereocenters. The molecule has 3 heterocycles. The highest BCUT2D eigenvalue weighted by molar-refractivity contribution is 5.63. The molecule has 4 nitrogen and oxygen atoms in total. The summed E-state index contributed by atoms with van der Waals surface area (Å²) >= 11 is 0. The van der Waals surface area contributed by atoms with E-state index in [-0.39, 0.29) is 0 Å². The summed E-state index contributed by atoms with van der Waals surface area (Å²) in [6, 6.07) is 12.9. The Bertz CT molecular complexity index is 638. The topological polar surface area (TPSA) is 32.3 Å². The summed E-state index contributed by atoms with van der Waals surface area (Å²) < 4.78 is 0.